The van der Waals surface area contributed by atoms with E-state index in [4.69, 9.17) is 4.74 Å². The maximum absolute atomic E-state index is 14.2. The highest BCUT2D eigenvalue weighted by Crippen LogP contribution is 2.47. The van der Waals surface area contributed by atoms with E-state index in [0.717, 1.165) is 55.7 Å². The van der Waals surface area contributed by atoms with Crippen LogP contribution in [0.2, 0.25) is 0 Å². The highest BCUT2D eigenvalue weighted by molar-refractivity contribution is 6.08. The van der Waals surface area contributed by atoms with E-state index in [1.807, 2.05) is 47.4 Å². The standard InChI is InChI=1S/C40H47N5O6/c1-28(8-6-12-36(47)42-23-7-11-32(42)26-46)40(50)34-24-33(51-2)17-18-35(34)43(38(40)49)25-29-13-15-30(16-14-29)44-27-45(31-9-4-3-5-10-31)39(37(44)48)19-21-41-22-20-39/h3-6,8-10,13-18,24,28,32,41,46,50H,7,11-12,19-23,25-27H2,1-2H3/b8-6+/t28-,32-,40+/m0/s1. The Bertz CT molecular complexity index is 1790. The lowest BCUT2D eigenvalue weighted by molar-refractivity contribution is -0.139. The predicted octanol–water partition coefficient (Wildman–Crippen LogP) is 3.93. The minimum Gasteiger partial charge on any atom is -0.497 e. The second-order valence-corrected chi connectivity index (χ2v) is 14.1. The van der Waals surface area contributed by atoms with Crippen LogP contribution in [-0.2, 0) is 26.5 Å². The summed E-state index contributed by atoms with van der Waals surface area (Å²) in [6.45, 7) is 4.56. The number of nitrogens with zero attached hydrogens (tertiary/aromatic N) is 4. The zero-order valence-electron chi connectivity index (χ0n) is 29.3. The third kappa shape index (κ3) is 6.07. The van der Waals surface area contributed by atoms with E-state index in [-0.39, 0.29) is 37.4 Å². The first-order valence-corrected chi connectivity index (χ1v) is 18.0. The zero-order valence-corrected chi connectivity index (χ0v) is 29.3. The topological polar surface area (TPSA) is 126 Å². The van der Waals surface area contributed by atoms with Gasteiger partial charge in [0.05, 0.1) is 38.7 Å². The van der Waals surface area contributed by atoms with Gasteiger partial charge in [0, 0.05) is 35.8 Å². The zero-order chi connectivity index (χ0) is 35.8. The fourth-order valence-electron chi connectivity index (χ4n) is 8.32. The summed E-state index contributed by atoms with van der Waals surface area (Å²) >= 11 is 0. The van der Waals surface area contributed by atoms with Crippen LogP contribution in [0.5, 0.6) is 5.75 Å². The van der Waals surface area contributed by atoms with Gasteiger partial charge in [0.1, 0.15) is 11.3 Å². The van der Waals surface area contributed by atoms with E-state index in [0.29, 0.717) is 30.2 Å². The van der Waals surface area contributed by atoms with Crippen LogP contribution in [0.1, 0.15) is 50.2 Å². The number of fused-ring (bicyclic) bond motifs is 1. The molecule has 1 spiro atoms. The third-order valence-corrected chi connectivity index (χ3v) is 11.3. The monoisotopic (exact) mass is 693 g/mol. The molecule has 3 aromatic rings. The van der Waals surface area contributed by atoms with E-state index < -0.39 is 23.0 Å². The van der Waals surface area contributed by atoms with Gasteiger partial charge in [-0.05, 0) is 86.8 Å². The molecule has 3 aromatic carbocycles. The molecule has 3 amide bonds. The van der Waals surface area contributed by atoms with Crippen LogP contribution in [0.3, 0.4) is 0 Å². The smallest absolute Gasteiger partial charge is 0.264 e. The van der Waals surface area contributed by atoms with Crippen LogP contribution in [-0.4, -0.2) is 84.4 Å². The summed E-state index contributed by atoms with van der Waals surface area (Å²) in [7, 11) is 1.54. The number of amides is 3. The number of methoxy groups -OCH3 is 1. The lowest BCUT2D eigenvalue weighted by Crippen LogP contribution is -2.55. The molecule has 51 heavy (non-hydrogen) atoms. The van der Waals surface area contributed by atoms with Gasteiger partial charge >= 0.3 is 0 Å². The molecule has 7 rings (SSSR count). The van der Waals surface area contributed by atoms with Gasteiger partial charge in [-0.1, -0.05) is 49.4 Å². The molecule has 0 aliphatic carbocycles. The molecule has 0 bridgehead atoms. The number of likely N-dealkylation sites (tertiary alicyclic amines) is 1. The molecule has 268 valence electrons. The number of carbonyl (C=O) groups is 3. The summed E-state index contributed by atoms with van der Waals surface area (Å²) in [5.74, 6) is -0.576. The number of piperidine rings is 1. The second kappa shape index (κ2) is 14.1. The van der Waals surface area contributed by atoms with Crippen molar-refractivity contribution in [2.24, 2.45) is 5.92 Å². The normalized spacial score (nSPS) is 23.5. The molecule has 11 heteroatoms. The van der Waals surface area contributed by atoms with Gasteiger partial charge in [0.15, 0.2) is 5.60 Å². The maximum Gasteiger partial charge on any atom is 0.264 e. The van der Waals surface area contributed by atoms with E-state index in [2.05, 4.69) is 22.3 Å². The number of aliphatic hydroxyl groups excluding tert-OH is 1. The number of hydrogen-bond donors (Lipinski definition) is 3. The molecule has 3 fully saturated rings. The maximum atomic E-state index is 14.2. The molecule has 0 unspecified atom stereocenters. The lowest BCUT2D eigenvalue weighted by atomic mass is 9.83. The molecule has 3 N–H and O–H groups in total. The first-order valence-electron chi connectivity index (χ1n) is 18.0. The minimum absolute atomic E-state index is 0.0564. The van der Waals surface area contributed by atoms with Gasteiger partial charge in [0.2, 0.25) is 5.91 Å². The summed E-state index contributed by atoms with van der Waals surface area (Å²) < 4.78 is 5.47. The van der Waals surface area contributed by atoms with Gasteiger partial charge in [-0.25, -0.2) is 0 Å². The van der Waals surface area contributed by atoms with Gasteiger partial charge < -0.3 is 35.0 Å². The van der Waals surface area contributed by atoms with Crippen molar-refractivity contribution in [3.05, 3.63) is 96.1 Å². The van der Waals surface area contributed by atoms with E-state index >= 15 is 0 Å². The number of carbonyl (C=O) groups excluding carboxylic acids is 3. The SMILES string of the molecule is COc1ccc2c(c1)[C@](O)([C@@H](C)/C=C/CC(=O)N1CCC[C@H]1CO)C(=O)N2Cc1ccc(N2CN(c3ccccc3)C3(CCNCC3)C2=O)cc1. The van der Waals surface area contributed by atoms with Crippen LogP contribution < -0.4 is 24.8 Å². The molecule has 3 saturated heterocycles. The van der Waals surface area contributed by atoms with Crippen LogP contribution in [0, 0.1) is 5.92 Å². The average Bonchev–Trinajstić information content (AvgIpc) is 3.82. The Balaban J connectivity index is 1.10. The van der Waals surface area contributed by atoms with Crippen molar-refractivity contribution in [1.29, 1.82) is 0 Å². The molecule has 3 atom stereocenters. The van der Waals surface area contributed by atoms with Crippen molar-refractivity contribution in [1.82, 2.24) is 10.2 Å². The Morgan fingerprint density at radius 3 is 2.47 bits per heavy atom. The first kappa shape index (κ1) is 34.7. The fourth-order valence-corrected chi connectivity index (χ4v) is 8.32. The predicted molar refractivity (Wildman–Crippen MR) is 195 cm³/mol. The summed E-state index contributed by atoms with van der Waals surface area (Å²) in [5, 5.41) is 25.2. The summed E-state index contributed by atoms with van der Waals surface area (Å²) in [6.07, 6.45) is 6.66. The Morgan fingerprint density at radius 2 is 1.76 bits per heavy atom. The number of ether oxygens (including phenoxy) is 1. The van der Waals surface area contributed by atoms with Gasteiger partial charge in [-0.15, -0.1) is 0 Å². The van der Waals surface area contributed by atoms with Crippen LogP contribution in [0.15, 0.2) is 84.9 Å². The number of anilines is 3. The van der Waals surface area contributed by atoms with Crippen molar-refractivity contribution in [3.8, 4) is 5.75 Å². The van der Waals surface area contributed by atoms with E-state index in [1.54, 1.807) is 54.2 Å². The molecule has 0 aromatic heterocycles. The number of benzene rings is 3. The third-order valence-electron chi connectivity index (χ3n) is 11.3. The highest BCUT2D eigenvalue weighted by Gasteiger charge is 2.54. The van der Waals surface area contributed by atoms with Gasteiger partial charge in [0.25, 0.3) is 11.8 Å². The highest BCUT2D eigenvalue weighted by atomic mass is 16.5. The Labute approximate surface area is 299 Å². The van der Waals surface area contributed by atoms with E-state index in [9.17, 15) is 24.6 Å². The van der Waals surface area contributed by atoms with E-state index in [1.165, 1.54) is 0 Å². The number of hydrogen-bond acceptors (Lipinski definition) is 8. The number of para-hydroxylation sites is 1. The summed E-state index contributed by atoms with van der Waals surface area (Å²) in [5.41, 5.74) is 1.23. The van der Waals surface area contributed by atoms with Crippen molar-refractivity contribution >= 4 is 34.8 Å². The summed E-state index contributed by atoms with van der Waals surface area (Å²) in [6, 6.07) is 23.0. The quantitative estimate of drug-likeness (QED) is 0.273. The van der Waals surface area contributed by atoms with Crippen molar-refractivity contribution in [3.63, 3.8) is 0 Å². The Hall–Kier alpha value is -4.71. The molecule has 11 nitrogen and oxygen atoms in total. The molecule has 4 heterocycles. The average molecular weight is 694 g/mol. The first-order chi connectivity index (χ1) is 24.7. The minimum atomic E-state index is -1.88. The van der Waals surface area contributed by atoms with Gasteiger partial charge in [-0.3, -0.25) is 19.3 Å². The molecular weight excluding hydrogens is 646 g/mol. The molecule has 0 saturated carbocycles. The molecule has 4 aliphatic heterocycles. The fraction of sp³-hybridized carbons (Fsp3) is 0.425. The largest absolute Gasteiger partial charge is 0.497 e. The number of nitrogens with one attached hydrogen (secondary N) is 1. The Kier molecular flexibility index (Phi) is 9.62. The van der Waals surface area contributed by atoms with Crippen molar-refractivity contribution in [2.45, 2.75) is 62.8 Å². The van der Waals surface area contributed by atoms with Crippen LogP contribution in [0.4, 0.5) is 17.1 Å². The Morgan fingerprint density at radius 1 is 1.02 bits per heavy atom. The summed E-state index contributed by atoms with van der Waals surface area (Å²) in [4.78, 5) is 48.6. The molecule has 4 aliphatic rings. The molecular formula is C40H47N5O6. The van der Waals surface area contributed by atoms with Gasteiger partial charge in [-0.2, -0.15) is 0 Å². The van der Waals surface area contributed by atoms with Crippen LogP contribution in [0.25, 0.3) is 0 Å². The van der Waals surface area contributed by atoms with Crippen molar-refractivity contribution in [2.75, 3.05) is 54.7 Å². The number of rotatable bonds is 10. The lowest BCUT2D eigenvalue weighted by Gasteiger charge is -2.39. The van der Waals surface area contributed by atoms with Crippen LogP contribution >= 0.6 is 0 Å². The second-order valence-electron chi connectivity index (χ2n) is 14.1. The number of aliphatic hydroxyl groups is 2. The van der Waals surface area contributed by atoms with Crippen molar-refractivity contribution < 1.29 is 29.3 Å². The molecule has 0 radical (unpaired) electrons.